The predicted molar refractivity (Wildman–Crippen MR) is 67.1 cm³/mol. The number of carbonyl (C=O) groups is 1. The van der Waals surface area contributed by atoms with Crippen molar-refractivity contribution in [1.29, 1.82) is 0 Å². The van der Waals surface area contributed by atoms with Crippen molar-refractivity contribution in [1.82, 2.24) is 4.90 Å². The number of rotatable bonds is 5. The van der Waals surface area contributed by atoms with E-state index in [1.165, 1.54) is 18.4 Å². The first-order chi connectivity index (χ1) is 8.08. The highest BCUT2D eigenvalue weighted by molar-refractivity contribution is 5.87. The van der Waals surface area contributed by atoms with Gasteiger partial charge in [0.25, 0.3) is 0 Å². The first-order valence-corrected chi connectivity index (χ1v) is 6.16. The van der Waals surface area contributed by atoms with Crippen LogP contribution in [0, 0.1) is 0 Å². The molecule has 1 aromatic rings. The van der Waals surface area contributed by atoms with Gasteiger partial charge in [-0.25, -0.2) is 4.79 Å². The molecule has 1 fully saturated rings. The van der Waals surface area contributed by atoms with Crippen molar-refractivity contribution < 1.29 is 9.90 Å². The second-order valence-corrected chi connectivity index (χ2v) is 5.00. The molecular weight excluding hydrogens is 214 g/mol. The number of carboxylic acid groups (broad SMARTS) is 1. The Morgan fingerprint density at radius 2 is 1.94 bits per heavy atom. The largest absolute Gasteiger partial charge is 0.478 e. The maximum atomic E-state index is 10.8. The zero-order valence-corrected chi connectivity index (χ0v) is 10.4. The summed E-state index contributed by atoms with van der Waals surface area (Å²) in [4.78, 5) is 13.2. The van der Waals surface area contributed by atoms with Gasteiger partial charge in [0.05, 0.1) is 5.56 Å². The van der Waals surface area contributed by atoms with E-state index in [4.69, 9.17) is 5.11 Å². The van der Waals surface area contributed by atoms with Gasteiger partial charge in [-0.2, -0.15) is 0 Å². The van der Waals surface area contributed by atoms with Gasteiger partial charge >= 0.3 is 5.97 Å². The summed E-state index contributed by atoms with van der Waals surface area (Å²) in [6.45, 7) is 5.34. The summed E-state index contributed by atoms with van der Waals surface area (Å²) in [7, 11) is 0. The molecule has 17 heavy (non-hydrogen) atoms. The number of hydrogen-bond acceptors (Lipinski definition) is 2. The lowest BCUT2D eigenvalue weighted by Gasteiger charge is -2.26. The van der Waals surface area contributed by atoms with Crippen LogP contribution in [0.2, 0.25) is 0 Å². The van der Waals surface area contributed by atoms with E-state index in [-0.39, 0.29) is 0 Å². The van der Waals surface area contributed by atoms with Crippen LogP contribution in [0.4, 0.5) is 0 Å². The predicted octanol–water partition coefficient (Wildman–Crippen LogP) is 2.76. The molecule has 0 atom stereocenters. The van der Waals surface area contributed by atoms with E-state index in [1.54, 1.807) is 12.1 Å². The number of carboxylic acids is 1. The molecule has 1 aromatic carbocycles. The molecule has 0 aromatic heterocycles. The van der Waals surface area contributed by atoms with Crippen molar-refractivity contribution in [2.45, 2.75) is 45.3 Å². The van der Waals surface area contributed by atoms with Crippen molar-refractivity contribution in [3.63, 3.8) is 0 Å². The van der Waals surface area contributed by atoms with E-state index < -0.39 is 5.97 Å². The van der Waals surface area contributed by atoms with Crippen LogP contribution in [0.3, 0.4) is 0 Å². The number of aromatic carboxylic acids is 1. The van der Waals surface area contributed by atoms with Crippen molar-refractivity contribution in [3.8, 4) is 0 Å². The Morgan fingerprint density at radius 1 is 1.35 bits per heavy atom. The van der Waals surface area contributed by atoms with Crippen molar-refractivity contribution in [3.05, 3.63) is 35.4 Å². The van der Waals surface area contributed by atoms with Crippen molar-refractivity contribution in [2.75, 3.05) is 0 Å². The van der Waals surface area contributed by atoms with Crippen LogP contribution in [-0.4, -0.2) is 28.1 Å². The Bertz CT molecular complexity index is 391. The van der Waals surface area contributed by atoms with Gasteiger partial charge in [-0.05, 0) is 44.4 Å². The molecule has 0 unspecified atom stereocenters. The molecule has 0 radical (unpaired) electrons. The van der Waals surface area contributed by atoms with Crippen LogP contribution in [0.25, 0.3) is 0 Å². The number of hydrogen-bond donors (Lipinski definition) is 1. The molecule has 1 N–H and O–H groups in total. The van der Waals surface area contributed by atoms with Crippen LogP contribution in [0.1, 0.15) is 42.6 Å². The van der Waals surface area contributed by atoms with Gasteiger partial charge in [-0.1, -0.05) is 12.1 Å². The fourth-order valence-electron chi connectivity index (χ4n) is 2.10. The fraction of sp³-hybridized carbons (Fsp3) is 0.500. The quantitative estimate of drug-likeness (QED) is 0.850. The molecule has 0 amide bonds. The zero-order chi connectivity index (χ0) is 12.4. The Morgan fingerprint density at radius 3 is 2.35 bits per heavy atom. The van der Waals surface area contributed by atoms with Gasteiger partial charge in [0.1, 0.15) is 0 Å². The van der Waals surface area contributed by atoms with E-state index in [2.05, 4.69) is 18.7 Å². The van der Waals surface area contributed by atoms with Gasteiger partial charge in [0, 0.05) is 18.6 Å². The molecule has 3 heteroatoms. The summed E-state index contributed by atoms with van der Waals surface area (Å²) in [6.07, 6.45) is 2.59. The van der Waals surface area contributed by atoms with E-state index >= 15 is 0 Å². The Labute approximate surface area is 102 Å². The van der Waals surface area contributed by atoms with Gasteiger partial charge < -0.3 is 5.11 Å². The molecule has 0 heterocycles. The molecule has 92 valence electrons. The minimum absolute atomic E-state index is 0.358. The third-order valence-electron chi connectivity index (χ3n) is 3.25. The molecule has 0 aliphatic heterocycles. The average Bonchev–Trinajstić information content (AvgIpc) is 3.10. The highest BCUT2D eigenvalue weighted by Crippen LogP contribution is 2.30. The van der Waals surface area contributed by atoms with Crippen LogP contribution < -0.4 is 0 Å². The summed E-state index contributed by atoms with van der Waals surface area (Å²) in [6, 6.07) is 8.48. The van der Waals surface area contributed by atoms with E-state index in [1.807, 2.05) is 12.1 Å². The van der Waals surface area contributed by atoms with Gasteiger partial charge in [0.15, 0.2) is 0 Å². The number of nitrogens with zero attached hydrogens (tertiary/aromatic N) is 1. The lowest BCUT2D eigenvalue weighted by atomic mass is 10.1. The van der Waals surface area contributed by atoms with E-state index in [9.17, 15) is 4.79 Å². The first kappa shape index (κ1) is 12.1. The summed E-state index contributed by atoms with van der Waals surface area (Å²) in [5, 5.41) is 8.83. The highest BCUT2D eigenvalue weighted by Gasteiger charge is 2.30. The smallest absolute Gasteiger partial charge is 0.335 e. The fourth-order valence-corrected chi connectivity index (χ4v) is 2.10. The van der Waals surface area contributed by atoms with Crippen LogP contribution in [-0.2, 0) is 6.54 Å². The third-order valence-corrected chi connectivity index (χ3v) is 3.25. The summed E-state index contributed by atoms with van der Waals surface area (Å²) >= 11 is 0. The monoisotopic (exact) mass is 233 g/mol. The molecule has 0 bridgehead atoms. The van der Waals surface area contributed by atoms with Crippen molar-refractivity contribution >= 4 is 5.97 Å². The van der Waals surface area contributed by atoms with Gasteiger partial charge in [-0.3, -0.25) is 4.90 Å². The van der Waals surface area contributed by atoms with Crippen LogP contribution >= 0.6 is 0 Å². The summed E-state index contributed by atoms with van der Waals surface area (Å²) < 4.78 is 0. The average molecular weight is 233 g/mol. The van der Waals surface area contributed by atoms with Crippen LogP contribution in [0.5, 0.6) is 0 Å². The Balaban J connectivity index is 2.04. The second kappa shape index (κ2) is 4.88. The molecular formula is C14H19NO2. The standard InChI is InChI=1S/C14H19NO2/c1-10(2)15(13-7-8-13)9-11-3-5-12(6-4-11)14(16)17/h3-6,10,13H,7-9H2,1-2H3,(H,16,17). The molecule has 0 saturated heterocycles. The minimum Gasteiger partial charge on any atom is -0.478 e. The highest BCUT2D eigenvalue weighted by atomic mass is 16.4. The van der Waals surface area contributed by atoms with Crippen LogP contribution in [0.15, 0.2) is 24.3 Å². The number of benzene rings is 1. The minimum atomic E-state index is -0.862. The second-order valence-electron chi connectivity index (χ2n) is 5.00. The first-order valence-electron chi connectivity index (χ1n) is 6.16. The normalized spacial score (nSPS) is 15.5. The van der Waals surface area contributed by atoms with Gasteiger partial charge in [-0.15, -0.1) is 0 Å². The van der Waals surface area contributed by atoms with Crippen molar-refractivity contribution in [2.24, 2.45) is 0 Å². The Kier molecular flexibility index (Phi) is 3.48. The SMILES string of the molecule is CC(C)N(Cc1ccc(C(=O)O)cc1)C1CC1. The topological polar surface area (TPSA) is 40.5 Å². The third kappa shape index (κ3) is 3.07. The molecule has 1 aliphatic rings. The molecule has 3 nitrogen and oxygen atoms in total. The summed E-state index contributed by atoms with van der Waals surface area (Å²) in [5.41, 5.74) is 1.55. The lowest BCUT2D eigenvalue weighted by Crippen LogP contribution is -2.32. The van der Waals surface area contributed by atoms with E-state index in [0.29, 0.717) is 11.6 Å². The summed E-state index contributed by atoms with van der Waals surface area (Å²) in [5.74, 6) is -0.862. The lowest BCUT2D eigenvalue weighted by molar-refractivity contribution is 0.0697. The molecule has 0 spiro atoms. The zero-order valence-electron chi connectivity index (χ0n) is 10.4. The van der Waals surface area contributed by atoms with Gasteiger partial charge in [0.2, 0.25) is 0 Å². The van der Waals surface area contributed by atoms with E-state index in [0.717, 1.165) is 12.6 Å². The maximum absolute atomic E-state index is 10.8. The molecule has 1 aliphatic carbocycles. The molecule has 1 saturated carbocycles. The Hall–Kier alpha value is -1.35. The maximum Gasteiger partial charge on any atom is 0.335 e. The molecule has 2 rings (SSSR count).